The number of amides is 3. The molecule has 1 atom stereocenters. The molecule has 5 rings (SSSR count). The van der Waals surface area contributed by atoms with Gasteiger partial charge in [-0.15, -0.1) is 0 Å². The lowest BCUT2D eigenvalue weighted by atomic mass is 9.91. The number of fused-ring (bicyclic) bond motifs is 2. The van der Waals surface area contributed by atoms with Crippen molar-refractivity contribution in [2.75, 3.05) is 22.1 Å². The summed E-state index contributed by atoms with van der Waals surface area (Å²) < 4.78 is 40.1. The highest BCUT2D eigenvalue weighted by Crippen LogP contribution is 2.43. The molecule has 0 spiro atoms. The van der Waals surface area contributed by atoms with Crippen LogP contribution in [0, 0.1) is 18.7 Å². The summed E-state index contributed by atoms with van der Waals surface area (Å²) in [6.07, 6.45) is 2.55. The third-order valence-corrected chi connectivity index (χ3v) is 14.5. The summed E-state index contributed by atoms with van der Waals surface area (Å²) in [5, 5.41) is 6.11. The Labute approximate surface area is 319 Å². The highest BCUT2D eigenvalue weighted by atomic mass is 28.4. The third-order valence-electron chi connectivity index (χ3n) is 10.0. The van der Waals surface area contributed by atoms with Crippen LogP contribution >= 0.6 is 0 Å². The lowest BCUT2D eigenvalue weighted by Crippen LogP contribution is -2.49. The molecule has 1 fully saturated rings. The van der Waals surface area contributed by atoms with Crippen LogP contribution in [0.5, 0.6) is 0 Å². The average molecular weight is 766 g/mol. The zero-order chi connectivity index (χ0) is 40.1. The Morgan fingerprint density at radius 3 is 2.13 bits per heavy atom. The van der Waals surface area contributed by atoms with Gasteiger partial charge in [0, 0.05) is 48.3 Å². The maximum atomic E-state index is 16.8. The number of nitrogens with zero attached hydrogens (tertiary/aromatic N) is 3. The molecule has 1 aliphatic heterocycles. The van der Waals surface area contributed by atoms with E-state index in [4.69, 9.17) is 23.6 Å². The van der Waals surface area contributed by atoms with Crippen LogP contribution in [0.15, 0.2) is 24.5 Å². The third kappa shape index (κ3) is 9.31. The highest BCUT2D eigenvalue weighted by molar-refractivity contribution is 6.74. The van der Waals surface area contributed by atoms with Gasteiger partial charge in [-0.05, 0) is 102 Å². The van der Waals surface area contributed by atoms with Crippen molar-refractivity contribution in [3.63, 3.8) is 0 Å². The van der Waals surface area contributed by atoms with Gasteiger partial charge in [-0.2, -0.15) is 0 Å². The van der Waals surface area contributed by atoms with Crippen LogP contribution in [0.3, 0.4) is 0 Å². The largest absolute Gasteiger partial charge is 0.446 e. The fourth-order valence-corrected chi connectivity index (χ4v) is 7.74. The quantitative estimate of drug-likeness (QED) is 0.185. The van der Waals surface area contributed by atoms with Crippen molar-refractivity contribution >= 4 is 54.6 Å². The number of hydrogen-bond acceptors (Lipinski definition) is 9. The summed E-state index contributed by atoms with van der Waals surface area (Å²) in [4.78, 5) is 50.1. The van der Waals surface area contributed by atoms with Gasteiger partial charge in [0.1, 0.15) is 23.1 Å². The second-order valence-corrected chi connectivity index (χ2v) is 22.9. The van der Waals surface area contributed by atoms with E-state index in [2.05, 4.69) is 49.5 Å². The van der Waals surface area contributed by atoms with E-state index < -0.39 is 43.6 Å². The minimum absolute atomic E-state index is 0.0489. The van der Waals surface area contributed by atoms with Gasteiger partial charge in [0.15, 0.2) is 14.1 Å². The molecule has 3 aromatic rings. The Hall–Kier alpha value is -4.30. The summed E-state index contributed by atoms with van der Waals surface area (Å²) in [5.74, 6) is -0.448. The number of ether oxygens (including phenoxy) is 3. The van der Waals surface area contributed by atoms with E-state index in [1.807, 2.05) is 13.8 Å². The molecule has 0 bridgehead atoms. The lowest BCUT2D eigenvalue weighted by molar-refractivity contribution is -0.0243. The molecular formula is C40H56FN5O7Si. The molecule has 2 aromatic heterocycles. The Bertz CT molecular complexity index is 1940. The number of halogens is 1. The summed E-state index contributed by atoms with van der Waals surface area (Å²) >= 11 is 0. The molecule has 54 heavy (non-hydrogen) atoms. The molecular weight excluding hydrogens is 710 g/mol. The molecule has 12 nitrogen and oxygen atoms in total. The zero-order valence-electron chi connectivity index (χ0n) is 33.9. The molecule has 3 amide bonds. The van der Waals surface area contributed by atoms with Crippen LogP contribution in [0.25, 0.3) is 21.9 Å². The maximum absolute atomic E-state index is 16.8. The van der Waals surface area contributed by atoms with E-state index in [1.54, 1.807) is 64.8 Å². The highest BCUT2D eigenvalue weighted by Gasteiger charge is 2.43. The van der Waals surface area contributed by atoms with Gasteiger partial charge in [0.2, 0.25) is 0 Å². The first kappa shape index (κ1) is 40.9. The summed E-state index contributed by atoms with van der Waals surface area (Å²) in [6.45, 7) is 25.8. The predicted octanol–water partition coefficient (Wildman–Crippen LogP) is 10.1. The number of carbonyl (C=O) groups excluding carboxylic acids is 3. The van der Waals surface area contributed by atoms with Crippen molar-refractivity contribution in [3.05, 3.63) is 41.6 Å². The first-order chi connectivity index (χ1) is 24.8. The van der Waals surface area contributed by atoms with Crippen molar-refractivity contribution in [2.45, 2.75) is 137 Å². The topological polar surface area (TPSA) is 141 Å². The molecule has 1 aliphatic carbocycles. The first-order valence-corrected chi connectivity index (χ1v) is 21.5. The number of anilines is 3. The Balaban J connectivity index is 1.48. The molecule has 3 heterocycles. The minimum atomic E-state index is -1.94. The van der Waals surface area contributed by atoms with Crippen molar-refractivity contribution in [1.82, 2.24) is 9.97 Å². The van der Waals surface area contributed by atoms with E-state index in [0.29, 0.717) is 53.7 Å². The normalized spacial score (nSPS) is 19.1. The van der Waals surface area contributed by atoms with Crippen molar-refractivity contribution in [1.29, 1.82) is 0 Å². The van der Waals surface area contributed by atoms with E-state index in [1.165, 1.54) is 6.20 Å². The molecule has 0 radical (unpaired) electrons. The van der Waals surface area contributed by atoms with E-state index in [0.717, 1.165) is 0 Å². The summed E-state index contributed by atoms with van der Waals surface area (Å²) in [5.41, 5.74) is 0.681. The number of hydrogen-bond donors (Lipinski definition) is 2. The SMILES string of the molecule is Cc1c(-c2cc3cc(NC(=O)OC4CC(O[Si](C)(C)C(C)(C)C)C4)ncc3c(NC(=O)OC(C)(C)C)c2F)cnc2c1N(C(=O)OC(C)(C)C)CC(C)C2. The average Bonchev–Trinajstić information content (AvgIpc) is 2.98. The number of nitrogens with one attached hydrogen (secondary N) is 2. The first-order valence-electron chi connectivity index (χ1n) is 18.6. The van der Waals surface area contributed by atoms with E-state index in [9.17, 15) is 14.4 Å². The van der Waals surface area contributed by atoms with Gasteiger partial charge < -0.3 is 18.6 Å². The predicted molar refractivity (Wildman–Crippen MR) is 211 cm³/mol. The minimum Gasteiger partial charge on any atom is -0.446 e. The number of carbonyl (C=O) groups is 3. The number of aromatic nitrogens is 2. The number of pyridine rings is 2. The molecule has 2 N–H and O–H groups in total. The van der Waals surface area contributed by atoms with Gasteiger partial charge in [0.05, 0.1) is 23.2 Å². The van der Waals surface area contributed by atoms with Crippen LogP contribution < -0.4 is 15.5 Å². The van der Waals surface area contributed by atoms with E-state index in [-0.39, 0.29) is 45.6 Å². The molecule has 2 aliphatic rings. The van der Waals surface area contributed by atoms with Crippen molar-refractivity contribution < 1.29 is 37.4 Å². The summed E-state index contributed by atoms with van der Waals surface area (Å²) in [7, 11) is -1.94. The van der Waals surface area contributed by atoms with Gasteiger partial charge in [-0.25, -0.2) is 23.8 Å². The van der Waals surface area contributed by atoms with E-state index >= 15 is 4.39 Å². The molecule has 0 saturated heterocycles. The second kappa shape index (κ2) is 14.7. The zero-order valence-corrected chi connectivity index (χ0v) is 34.9. The standard InChI is InChI=1S/C40H56FN5O7Si/c1-22-14-30-34(46(21-22)37(49)52-39(6,7)8)23(2)28(19-42-30)27-15-24-16-31(43-20-29(24)33(32(27)41)45-36(48)51-38(3,4)5)44-35(47)50-25-17-26(18-25)53-54(12,13)40(9,10)11/h15-16,19-20,22,25-26H,14,17-18,21H2,1-13H3,(H,45,48)(H,43,44,47). The van der Waals surface area contributed by atoms with Crippen LogP contribution in [0.2, 0.25) is 18.1 Å². The Morgan fingerprint density at radius 1 is 0.870 bits per heavy atom. The van der Waals surface area contributed by atoms with Gasteiger partial charge in [-0.1, -0.05) is 27.7 Å². The second-order valence-electron chi connectivity index (χ2n) is 18.1. The van der Waals surface area contributed by atoms with Crippen LogP contribution in [0.1, 0.15) is 93.3 Å². The lowest BCUT2D eigenvalue weighted by Gasteiger charge is -2.44. The molecule has 14 heteroatoms. The summed E-state index contributed by atoms with van der Waals surface area (Å²) in [6, 6.07) is 3.19. The fraction of sp³-hybridized carbons (Fsp3) is 0.575. The van der Waals surface area contributed by atoms with Gasteiger partial charge in [-0.3, -0.25) is 20.5 Å². The van der Waals surface area contributed by atoms with Gasteiger partial charge in [0.25, 0.3) is 0 Å². The van der Waals surface area contributed by atoms with Crippen molar-refractivity contribution in [2.24, 2.45) is 5.92 Å². The Kier molecular flexibility index (Phi) is 11.2. The van der Waals surface area contributed by atoms with Crippen LogP contribution in [-0.2, 0) is 25.1 Å². The number of benzene rings is 1. The molecule has 294 valence electrons. The van der Waals surface area contributed by atoms with Crippen molar-refractivity contribution in [3.8, 4) is 11.1 Å². The smallest absolute Gasteiger partial charge is 0.414 e. The number of rotatable bonds is 6. The fourth-order valence-electron chi connectivity index (χ4n) is 6.36. The molecule has 1 saturated carbocycles. The van der Waals surface area contributed by atoms with Crippen LogP contribution in [-0.4, -0.2) is 66.5 Å². The molecule has 1 unspecified atom stereocenters. The monoisotopic (exact) mass is 765 g/mol. The molecule has 1 aromatic carbocycles. The van der Waals surface area contributed by atoms with Gasteiger partial charge >= 0.3 is 18.3 Å². The maximum Gasteiger partial charge on any atom is 0.414 e. The van der Waals surface area contributed by atoms with Crippen LogP contribution in [0.4, 0.5) is 36.0 Å². The Morgan fingerprint density at radius 2 is 1.52 bits per heavy atom.